The third-order valence-electron chi connectivity index (χ3n) is 2.58. The second-order valence-corrected chi connectivity index (χ2v) is 3.76. The molecule has 1 atom stereocenters. The van der Waals surface area contributed by atoms with Crippen molar-refractivity contribution in [1.29, 1.82) is 0 Å². The van der Waals surface area contributed by atoms with Gasteiger partial charge < -0.3 is 0 Å². The van der Waals surface area contributed by atoms with Gasteiger partial charge in [-0.15, -0.1) is 0 Å². The SMILES string of the molecule is CC(CCc1cc[nH]n1)c1ccccn1. The minimum Gasteiger partial charge on any atom is -0.285 e. The van der Waals surface area contributed by atoms with Crippen LogP contribution in [-0.4, -0.2) is 15.2 Å². The molecule has 0 aromatic carbocycles. The Morgan fingerprint density at radius 1 is 1.33 bits per heavy atom. The van der Waals surface area contributed by atoms with Gasteiger partial charge in [0.15, 0.2) is 0 Å². The number of nitrogens with zero attached hydrogens (tertiary/aromatic N) is 2. The monoisotopic (exact) mass is 201 g/mol. The summed E-state index contributed by atoms with van der Waals surface area (Å²) in [6.07, 6.45) is 5.80. The van der Waals surface area contributed by atoms with Crippen LogP contribution in [0.25, 0.3) is 0 Å². The predicted octanol–water partition coefficient (Wildman–Crippen LogP) is 2.54. The van der Waals surface area contributed by atoms with Crippen LogP contribution in [0.4, 0.5) is 0 Å². The molecule has 0 radical (unpaired) electrons. The van der Waals surface area contributed by atoms with Gasteiger partial charge in [0.2, 0.25) is 0 Å². The molecule has 0 spiro atoms. The van der Waals surface area contributed by atoms with Crippen molar-refractivity contribution in [2.24, 2.45) is 0 Å². The van der Waals surface area contributed by atoms with Crippen LogP contribution in [-0.2, 0) is 6.42 Å². The van der Waals surface area contributed by atoms with Gasteiger partial charge in [-0.3, -0.25) is 10.1 Å². The molecule has 2 rings (SSSR count). The number of H-pyrrole nitrogens is 1. The fraction of sp³-hybridized carbons (Fsp3) is 0.333. The van der Waals surface area contributed by atoms with E-state index >= 15 is 0 Å². The highest BCUT2D eigenvalue weighted by Gasteiger charge is 2.06. The molecule has 0 saturated heterocycles. The molecule has 0 saturated carbocycles. The Kier molecular flexibility index (Phi) is 3.12. The zero-order valence-electron chi connectivity index (χ0n) is 8.85. The Bertz CT molecular complexity index is 381. The predicted molar refractivity (Wildman–Crippen MR) is 59.6 cm³/mol. The Hall–Kier alpha value is -1.64. The molecule has 1 N–H and O–H groups in total. The number of aryl methyl sites for hydroxylation is 1. The summed E-state index contributed by atoms with van der Waals surface area (Å²) in [6.45, 7) is 2.20. The summed E-state index contributed by atoms with van der Waals surface area (Å²) in [7, 11) is 0. The lowest BCUT2D eigenvalue weighted by Gasteiger charge is -2.08. The summed E-state index contributed by atoms with van der Waals surface area (Å²) in [6, 6.07) is 8.08. The van der Waals surface area contributed by atoms with Crippen LogP contribution in [0.15, 0.2) is 36.7 Å². The first-order chi connectivity index (χ1) is 7.36. The van der Waals surface area contributed by atoms with E-state index in [9.17, 15) is 0 Å². The lowest BCUT2D eigenvalue weighted by molar-refractivity contribution is 0.652. The first-order valence-electron chi connectivity index (χ1n) is 5.26. The van der Waals surface area contributed by atoms with Gasteiger partial charge in [0.1, 0.15) is 0 Å². The Balaban J connectivity index is 1.90. The van der Waals surface area contributed by atoms with Gasteiger partial charge in [0.05, 0.1) is 5.69 Å². The summed E-state index contributed by atoms with van der Waals surface area (Å²) < 4.78 is 0. The molecule has 0 fully saturated rings. The maximum atomic E-state index is 4.35. The highest BCUT2D eigenvalue weighted by atomic mass is 15.1. The second kappa shape index (κ2) is 4.73. The van der Waals surface area contributed by atoms with Gasteiger partial charge in [0, 0.05) is 18.1 Å². The minimum absolute atomic E-state index is 0.489. The fourth-order valence-electron chi connectivity index (χ4n) is 1.61. The third kappa shape index (κ3) is 2.65. The van der Waals surface area contributed by atoms with Crippen LogP contribution in [0, 0.1) is 0 Å². The van der Waals surface area contributed by atoms with Gasteiger partial charge in [-0.25, -0.2) is 0 Å². The quantitative estimate of drug-likeness (QED) is 0.825. The van der Waals surface area contributed by atoms with Crippen molar-refractivity contribution >= 4 is 0 Å². The van der Waals surface area contributed by atoms with Crippen LogP contribution in [0.2, 0.25) is 0 Å². The van der Waals surface area contributed by atoms with Crippen LogP contribution in [0.3, 0.4) is 0 Å². The molecular formula is C12H15N3. The van der Waals surface area contributed by atoms with Crippen molar-refractivity contribution in [2.45, 2.75) is 25.7 Å². The molecule has 3 heteroatoms. The molecular weight excluding hydrogens is 186 g/mol. The lowest BCUT2D eigenvalue weighted by Crippen LogP contribution is -1.98. The molecule has 1 unspecified atom stereocenters. The zero-order chi connectivity index (χ0) is 10.5. The van der Waals surface area contributed by atoms with Crippen molar-refractivity contribution in [1.82, 2.24) is 15.2 Å². The van der Waals surface area contributed by atoms with Crippen molar-refractivity contribution in [3.8, 4) is 0 Å². The van der Waals surface area contributed by atoms with Crippen LogP contribution in [0.5, 0.6) is 0 Å². The van der Waals surface area contributed by atoms with Crippen molar-refractivity contribution in [3.05, 3.63) is 48.0 Å². The van der Waals surface area contributed by atoms with Crippen molar-refractivity contribution < 1.29 is 0 Å². The molecule has 2 heterocycles. The van der Waals surface area contributed by atoms with E-state index in [0.717, 1.165) is 24.2 Å². The first-order valence-corrected chi connectivity index (χ1v) is 5.26. The summed E-state index contributed by atoms with van der Waals surface area (Å²) in [5, 5.41) is 6.96. The number of hydrogen-bond acceptors (Lipinski definition) is 2. The van der Waals surface area contributed by atoms with Crippen LogP contribution in [0.1, 0.15) is 30.7 Å². The van der Waals surface area contributed by atoms with Gasteiger partial charge in [-0.1, -0.05) is 13.0 Å². The molecule has 0 aliphatic rings. The van der Waals surface area contributed by atoms with E-state index in [1.54, 1.807) is 0 Å². The summed E-state index contributed by atoms with van der Waals surface area (Å²) in [5.41, 5.74) is 2.28. The summed E-state index contributed by atoms with van der Waals surface area (Å²) in [5.74, 6) is 0.489. The second-order valence-electron chi connectivity index (χ2n) is 3.76. The normalized spacial score (nSPS) is 12.6. The minimum atomic E-state index is 0.489. The van der Waals surface area contributed by atoms with E-state index in [4.69, 9.17) is 0 Å². The Morgan fingerprint density at radius 2 is 2.27 bits per heavy atom. The van der Waals surface area contributed by atoms with Crippen molar-refractivity contribution in [3.63, 3.8) is 0 Å². The van der Waals surface area contributed by atoms with E-state index in [1.807, 2.05) is 30.6 Å². The van der Waals surface area contributed by atoms with Gasteiger partial charge in [0.25, 0.3) is 0 Å². The molecule has 2 aromatic rings. The molecule has 2 aromatic heterocycles. The van der Waals surface area contributed by atoms with Crippen LogP contribution >= 0.6 is 0 Å². The average molecular weight is 201 g/mol. The number of aromatic amines is 1. The number of nitrogens with one attached hydrogen (secondary N) is 1. The van der Waals surface area contributed by atoms with E-state index in [0.29, 0.717) is 5.92 Å². The molecule has 0 amide bonds. The topological polar surface area (TPSA) is 41.6 Å². The maximum absolute atomic E-state index is 4.35. The van der Waals surface area contributed by atoms with E-state index in [1.165, 1.54) is 0 Å². The highest BCUT2D eigenvalue weighted by Crippen LogP contribution is 2.17. The average Bonchev–Trinajstić information content (AvgIpc) is 2.80. The number of rotatable bonds is 4. The summed E-state index contributed by atoms with van der Waals surface area (Å²) >= 11 is 0. The summed E-state index contributed by atoms with van der Waals surface area (Å²) in [4.78, 5) is 4.35. The molecule has 0 aliphatic carbocycles. The number of hydrogen-bond donors (Lipinski definition) is 1. The lowest BCUT2D eigenvalue weighted by atomic mass is 10.00. The molecule has 15 heavy (non-hydrogen) atoms. The number of pyridine rings is 1. The van der Waals surface area contributed by atoms with E-state index < -0.39 is 0 Å². The van der Waals surface area contributed by atoms with Crippen LogP contribution < -0.4 is 0 Å². The standard InChI is InChI=1S/C12H15N3/c1-10(12-4-2-3-8-13-12)5-6-11-7-9-14-15-11/h2-4,7-10H,5-6H2,1H3,(H,14,15). The number of aromatic nitrogens is 3. The third-order valence-corrected chi connectivity index (χ3v) is 2.58. The zero-order valence-corrected chi connectivity index (χ0v) is 8.85. The smallest absolute Gasteiger partial charge is 0.0622 e. The molecule has 0 bridgehead atoms. The van der Waals surface area contributed by atoms with Gasteiger partial charge >= 0.3 is 0 Å². The Labute approximate surface area is 89.6 Å². The first kappa shape index (κ1) is 9.90. The maximum Gasteiger partial charge on any atom is 0.0622 e. The fourth-order valence-corrected chi connectivity index (χ4v) is 1.61. The van der Waals surface area contributed by atoms with E-state index in [-0.39, 0.29) is 0 Å². The molecule has 3 nitrogen and oxygen atoms in total. The molecule has 0 aliphatic heterocycles. The largest absolute Gasteiger partial charge is 0.285 e. The molecule has 78 valence electrons. The van der Waals surface area contributed by atoms with Gasteiger partial charge in [-0.05, 0) is 37.0 Å². The van der Waals surface area contributed by atoms with Crippen molar-refractivity contribution in [2.75, 3.05) is 0 Å². The van der Waals surface area contributed by atoms with Gasteiger partial charge in [-0.2, -0.15) is 5.10 Å². The Morgan fingerprint density at radius 3 is 2.93 bits per heavy atom. The highest BCUT2D eigenvalue weighted by molar-refractivity contribution is 5.09. The van der Waals surface area contributed by atoms with E-state index in [2.05, 4.69) is 28.2 Å².